The topological polar surface area (TPSA) is 112 Å². The first-order valence-corrected chi connectivity index (χ1v) is 15.1. The van der Waals surface area contributed by atoms with Crippen LogP contribution < -0.4 is 10.0 Å². The maximum absolute atomic E-state index is 14.0. The molecule has 0 saturated heterocycles. The summed E-state index contributed by atoms with van der Waals surface area (Å²) in [6, 6.07) is 2.74. The number of aromatic nitrogens is 5. The van der Waals surface area contributed by atoms with Crippen molar-refractivity contribution in [2.45, 2.75) is 103 Å². The van der Waals surface area contributed by atoms with Gasteiger partial charge >= 0.3 is 0 Å². The Labute approximate surface area is 237 Å². The van der Waals surface area contributed by atoms with E-state index in [1.54, 1.807) is 33.9 Å². The lowest BCUT2D eigenvalue weighted by Gasteiger charge is -2.33. The Morgan fingerprint density at radius 2 is 1.85 bits per heavy atom. The van der Waals surface area contributed by atoms with Crippen LogP contribution in [0.15, 0.2) is 30.7 Å². The molecule has 4 rings (SSSR count). The Kier molecular flexibility index (Phi) is 8.91. The summed E-state index contributed by atoms with van der Waals surface area (Å²) < 4.78 is 47.0. The van der Waals surface area contributed by atoms with Crippen molar-refractivity contribution in [3.8, 4) is 0 Å². The van der Waals surface area contributed by atoms with Crippen LogP contribution in [0, 0.1) is 11.8 Å². The van der Waals surface area contributed by atoms with Gasteiger partial charge in [0.05, 0.1) is 30.2 Å². The first-order chi connectivity index (χ1) is 18.7. The van der Waals surface area contributed by atoms with Crippen molar-refractivity contribution in [3.05, 3.63) is 47.7 Å². The second kappa shape index (κ2) is 11.7. The van der Waals surface area contributed by atoms with Crippen molar-refractivity contribution in [1.82, 2.24) is 34.4 Å². The van der Waals surface area contributed by atoms with Crippen LogP contribution in [-0.4, -0.2) is 45.5 Å². The summed E-state index contributed by atoms with van der Waals surface area (Å²) >= 11 is -1.28. The summed E-state index contributed by atoms with van der Waals surface area (Å²) in [7, 11) is 0. The Morgan fingerprint density at radius 3 is 2.45 bits per heavy atom. The molecule has 0 aromatic carbocycles. The zero-order valence-electron chi connectivity index (χ0n) is 24.3. The third kappa shape index (κ3) is 6.83. The van der Waals surface area contributed by atoms with E-state index in [0.717, 1.165) is 5.56 Å². The highest BCUT2D eigenvalue weighted by Gasteiger charge is 2.40. The number of hydrogen-bond donors (Lipinski definition) is 2. The summed E-state index contributed by atoms with van der Waals surface area (Å²) in [4.78, 5) is 18.2. The number of imidazole rings is 1. The number of halogens is 2. The first-order valence-electron chi connectivity index (χ1n) is 13.9. The van der Waals surface area contributed by atoms with Gasteiger partial charge in [-0.15, -0.1) is 4.72 Å². The lowest BCUT2D eigenvalue weighted by atomic mass is 9.81. The second-order valence-electron chi connectivity index (χ2n) is 12.4. The smallest absolute Gasteiger partial charge is 0.270 e. The molecule has 1 amide bonds. The summed E-state index contributed by atoms with van der Waals surface area (Å²) in [5.41, 5.74) is 2.38. The van der Waals surface area contributed by atoms with Gasteiger partial charge in [0.1, 0.15) is 10.4 Å². The molecule has 1 aliphatic rings. The van der Waals surface area contributed by atoms with Gasteiger partial charge in [0, 0.05) is 36.4 Å². The number of carbonyl (C=O) groups excluding carboxylic acids is 1. The largest absolute Gasteiger partial charge is 0.598 e. The number of hydrogen-bond acceptors (Lipinski definition) is 6. The molecule has 2 N–H and O–H groups in total. The van der Waals surface area contributed by atoms with Crippen LogP contribution in [0.3, 0.4) is 0 Å². The SMILES string of the molecule is CC(C)[C@H](N[S+]([O-])C(C)(C)C)c1cnn2cc([C@@H](NC(=O)c3ccnn3C(C)C)C3CCC(F)(F)CC3)nc2c1. The predicted octanol–water partition coefficient (Wildman–Crippen LogP) is 5.55. The Balaban J connectivity index is 1.66. The van der Waals surface area contributed by atoms with Crippen LogP contribution in [0.25, 0.3) is 5.65 Å². The van der Waals surface area contributed by atoms with Gasteiger partial charge in [0.15, 0.2) is 5.65 Å². The van der Waals surface area contributed by atoms with E-state index in [2.05, 4.69) is 20.2 Å². The molecule has 1 saturated carbocycles. The average molecular weight is 578 g/mol. The molecule has 9 nitrogen and oxygen atoms in total. The van der Waals surface area contributed by atoms with Gasteiger partial charge in [0.25, 0.3) is 5.91 Å². The van der Waals surface area contributed by atoms with E-state index in [9.17, 15) is 18.1 Å². The molecule has 220 valence electrons. The van der Waals surface area contributed by atoms with E-state index in [4.69, 9.17) is 4.98 Å². The summed E-state index contributed by atoms with van der Waals surface area (Å²) in [6.07, 6.45) is 5.14. The van der Waals surface area contributed by atoms with Crippen molar-refractivity contribution < 1.29 is 18.1 Å². The molecule has 0 spiro atoms. The van der Waals surface area contributed by atoms with Crippen LogP contribution in [0.4, 0.5) is 8.78 Å². The quantitative estimate of drug-likeness (QED) is 0.323. The molecule has 1 unspecified atom stereocenters. The molecular weight excluding hydrogens is 536 g/mol. The number of fused-ring (bicyclic) bond motifs is 1. The minimum atomic E-state index is -2.69. The number of rotatable bonds is 9. The first kappa shape index (κ1) is 30.4. The van der Waals surface area contributed by atoms with E-state index in [1.807, 2.05) is 54.5 Å². The number of amides is 1. The molecule has 0 aliphatic heterocycles. The fraction of sp³-hybridized carbons (Fsp3) is 0.643. The van der Waals surface area contributed by atoms with Gasteiger partial charge in [-0.3, -0.25) is 9.48 Å². The normalized spacial score (nSPS) is 18.8. The minimum Gasteiger partial charge on any atom is -0.598 e. The van der Waals surface area contributed by atoms with Crippen molar-refractivity contribution in [3.63, 3.8) is 0 Å². The number of alkyl halides is 2. The predicted molar refractivity (Wildman–Crippen MR) is 151 cm³/mol. The number of nitrogens with zero attached hydrogens (tertiary/aromatic N) is 5. The lowest BCUT2D eigenvalue weighted by molar-refractivity contribution is -0.0495. The fourth-order valence-corrected chi connectivity index (χ4v) is 6.05. The van der Waals surface area contributed by atoms with Gasteiger partial charge in [-0.25, -0.2) is 18.3 Å². The molecular formula is C28H41F2N7O2S. The summed E-state index contributed by atoms with van der Waals surface area (Å²) in [5.74, 6) is -3.09. The highest BCUT2D eigenvalue weighted by atomic mass is 32.2. The maximum atomic E-state index is 14.0. The van der Waals surface area contributed by atoms with Crippen molar-refractivity contribution in [2.24, 2.45) is 11.8 Å². The molecule has 3 aromatic heterocycles. The second-order valence-corrected chi connectivity index (χ2v) is 14.4. The third-order valence-corrected chi connectivity index (χ3v) is 8.99. The van der Waals surface area contributed by atoms with Gasteiger partial charge < -0.3 is 9.87 Å². The van der Waals surface area contributed by atoms with E-state index < -0.39 is 28.1 Å². The van der Waals surface area contributed by atoms with E-state index in [-0.39, 0.29) is 55.5 Å². The highest BCUT2D eigenvalue weighted by Crippen LogP contribution is 2.41. The molecule has 3 aromatic rings. The summed E-state index contributed by atoms with van der Waals surface area (Å²) in [5, 5.41) is 11.9. The molecule has 40 heavy (non-hydrogen) atoms. The Hall–Kier alpha value is -2.57. The van der Waals surface area contributed by atoms with Crippen LogP contribution in [-0.2, 0) is 11.4 Å². The third-order valence-electron chi connectivity index (χ3n) is 7.41. The molecule has 1 aliphatic carbocycles. The van der Waals surface area contributed by atoms with Gasteiger partial charge in [-0.1, -0.05) is 13.8 Å². The van der Waals surface area contributed by atoms with Crippen LogP contribution in [0.1, 0.15) is 114 Å². The zero-order chi connectivity index (χ0) is 29.4. The van der Waals surface area contributed by atoms with E-state index in [0.29, 0.717) is 17.0 Å². The lowest BCUT2D eigenvalue weighted by Crippen LogP contribution is -2.42. The van der Waals surface area contributed by atoms with Crippen LogP contribution in [0.2, 0.25) is 0 Å². The average Bonchev–Trinajstić information content (AvgIpc) is 3.52. The van der Waals surface area contributed by atoms with Gasteiger partial charge in [-0.05, 0) is 77.0 Å². The zero-order valence-corrected chi connectivity index (χ0v) is 25.1. The van der Waals surface area contributed by atoms with Crippen molar-refractivity contribution in [1.29, 1.82) is 0 Å². The van der Waals surface area contributed by atoms with E-state index >= 15 is 0 Å². The van der Waals surface area contributed by atoms with Crippen molar-refractivity contribution in [2.75, 3.05) is 0 Å². The standard InChI is InChI=1S/C28H41F2N7O2S/c1-17(2)24(35-40(39)27(5,6)7)20-14-23-33-21(16-36(23)32-15-20)25(19-8-11-28(29,30)12-9-19)34-26(38)22-10-13-31-37(22)18(3)4/h10,13-19,24-25,35H,8-9,11-12H2,1-7H3,(H,34,38)/t24-,25-,40?/m0/s1. The molecule has 0 bridgehead atoms. The molecule has 3 atom stereocenters. The van der Waals surface area contributed by atoms with Crippen LogP contribution >= 0.6 is 0 Å². The maximum Gasteiger partial charge on any atom is 0.270 e. The molecule has 12 heteroatoms. The number of carbonyl (C=O) groups is 1. The Morgan fingerprint density at radius 1 is 1.18 bits per heavy atom. The highest BCUT2D eigenvalue weighted by molar-refractivity contribution is 7.90. The molecule has 1 fully saturated rings. The van der Waals surface area contributed by atoms with Crippen molar-refractivity contribution >= 4 is 22.9 Å². The Bertz CT molecular complexity index is 1310. The fourth-order valence-electron chi connectivity index (χ4n) is 5.06. The summed E-state index contributed by atoms with van der Waals surface area (Å²) in [6.45, 7) is 13.7. The monoisotopic (exact) mass is 577 g/mol. The van der Waals surface area contributed by atoms with Gasteiger partial charge in [-0.2, -0.15) is 10.2 Å². The number of nitrogens with one attached hydrogen (secondary N) is 2. The van der Waals surface area contributed by atoms with E-state index in [1.165, 1.54) is 0 Å². The minimum absolute atomic E-state index is 0.0180. The van der Waals surface area contributed by atoms with Crippen LogP contribution in [0.5, 0.6) is 0 Å². The molecule has 0 radical (unpaired) electrons. The van der Waals surface area contributed by atoms with Gasteiger partial charge in [0.2, 0.25) is 5.92 Å². The molecule has 3 heterocycles.